The summed E-state index contributed by atoms with van der Waals surface area (Å²) in [5, 5.41) is 12.6. The molecule has 5 heteroatoms. The van der Waals surface area contributed by atoms with Crippen molar-refractivity contribution in [3.05, 3.63) is 12.3 Å². The van der Waals surface area contributed by atoms with Crippen molar-refractivity contribution in [2.45, 2.75) is 19.4 Å². The number of hydrogen-bond acceptors (Lipinski definition) is 3. The van der Waals surface area contributed by atoms with Crippen molar-refractivity contribution >= 4 is 11.8 Å². The van der Waals surface area contributed by atoms with Crippen molar-refractivity contribution in [2.75, 3.05) is 5.73 Å². The van der Waals surface area contributed by atoms with Gasteiger partial charge in [-0.25, -0.2) is 4.79 Å². The molecule has 0 saturated heterocycles. The molecule has 5 nitrogen and oxygen atoms in total. The first kappa shape index (κ1) is 8.58. The van der Waals surface area contributed by atoms with Crippen LogP contribution < -0.4 is 5.73 Å². The van der Waals surface area contributed by atoms with Gasteiger partial charge in [-0.15, -0.1) is 0 Å². The van der Waals surface area contributed by atoms with E-state index in [9.17, 15) is 4.79 Å². The smallest absolute Gasteiger partial charge is 0.331 e. The maximum absolute atomic E-state index is 10.7. The number of hydrogen-bond donors (Lipinski definition) is 2. The van der Waals surface area contributed by atoms with Crippen LogP contribution in [-0.2, 0) is 10.3 Å². The first-order chi connectivity index (χ1) is 5.44. The van der Waals surface area contributed by atoms with E-state index in [4.69, 9.17) is 10.8 Å². The maximum Gasteiger partial charge on any atom is 0.331 e. The molecule has 1 heterocycles. The molecule has 1 rings (SSSR count). The zero-order valence-corrected chi connectivity index (χ0v) is 6.98. The molecule has 0 bridgehead atoms. The second kappa shape index (κ2) is 2.51. The fourth-order valence-corrected chi connectivity index (χ4v) is 0.747. The molecule has 0 saturated carbocycles. The number of carbonyl (C=O) groups is 1. The van der Waals surface area contributed by atoms with E-state index in [0.29, 0.717) is 5.82 Å². The lowest BCUT2D eigenvalue weighted by atomic mass is 10.1. The molecule has 0 amide bonds. The molecule has 0 radical (unpaired) electrons. The Hall–Kier alpha value is -1.52. The lowest BCUT2D eigenvalue weighted by Gasteiger charge is -2.19. The molecule has 0 aromatic carbocycles. The van der Waals surface area contributed by atoms with Crippen molar-refractivity contribution in [1.29, 1.82) is 0 Å². The number of anilines is 1. The molecule has 12 heavy (non-hydrogen) atoms. The first-order valence-corrected chi connectivity index (χ1v) is 3.49. The average Bonchev–Trinajstić information content (AvgIpc) is 2.35. The van der Waals surface area contributed by atoms with Crippen LogP contribution in [0.15, 0.2) is 12.3 Å². The molecule has 1 aromatic heterocycles. The number of rotatable bonds is 2. The lowest BCUT2D eigenvalue weighted by molar-refractivity contribution is -0.146. The second-order valence-electron chi connectivity index (χ2n) is 3.05. The van der Waals surface area contributed by atoms with Crippen LogP contribution in [0.25, 0.3) is 0 Å². The number of aromatic nitrogens is 2. The summed E-state index contributed by atoms with van der Waals surface area (Å²) in [5.41, 5.74) is 4.31. The van der Waals surface area contributed by atoms with Gasteiger partial charge in [-0.1, -0.05) is 0 Å². The Morgan fingerprint density at radius 3 is 2.67 bits per heavy atom. The fraction of sp³-hybridized carbons (Fsp3) is 0.429. The number of nitrogen functional groups attached to an aromatic ring is 1. The Morgan fingerprint density at radius 2 is 2.33 bits per heavy atom. The summed E-state index contributed by atoms with van der Waals surface area (Å²) < 4.78 is 1.32. The van der Waals surface area contributed by atoms with Crippen LogP contribution in [-0.4, -0.2) is 20.9 Å². The number of carboxylic acids is 1. The Morgan fingerprint density at radius 1 is 1.75 bits per heavy atom. The second-order valence-corrected chi connectivity index (χ2v) is 3.05. The molecule has 1 aromatic rings. The summed E-state index contributed by atoms with van der Waals surface area (Å²) in [7, 11) is 0. The number of nitrogens with two attached hydrogens (primary N) is 1. The Kier molecular flexibility index (Phi) is 1.79. The molecule has 0 aliphatic rings. The first-order valence-electron chi connectivity index (χ1n) is 3.49. The average molecular weight is 169 g/mol. The summed E-state index contributed by atoms with van der Waals surface area (Å²) in [6.07, 6.45) is 1.55. The van der Waals surface area contributed by atoms with Crippen molar-refractivity contribution in [3.8, 4) is 0 Å². The van der Waals surface area contributed by atoms with Gasteiger partial charge in [0.05, 0.1) is 0 Å². The number of carboxylic acid groups (broad SMARTS) is 1. The van der Waals surface area contributed by atoms with Gasteiger partial charge in [0.2, 0.25) is 0 Å². The quantitative estimate of drug-likeness (QED) is 0.666. The fourth-order valence-electron chi connectivity index (χ4n) is 0.747. The van der Waals surface area contributed by atoms with Gasteiger partial charge in [0.15, 0.2) is 5.54 Å². The molecule has 0 spiro atoms. The minimum Gasteiger partial charge on any atom is -0.479 e. The van der Waals surface area contributed by atoms with Crippen LogP contribution >= 0.6 is 0 Å². The van der Waals surface area contributed by atoms with E-state index >= 15 is 0 Å². The summed E-state index contributed by atoms with van der Waals surface area (Å²) in [4.78, 5) is 10.7. The SMILES string of the molecule is CC(C)(C(=O)O)n1ccc(N)n1. The molecule has 66 valence electrons. The number of aliphatic carboxylic acids is 1. The normalized spacial score (nSPS) is 11.5. The topological polar surface area (TPSA) is 81.1 Å². The summed E-state index contributed by atoms with van der Waals surface area (Å²) >= 11 is 0. The van der Waals surface area contributed by atoms with Gasteiger partial charge in [-0.2, -0.15) is 5.10 Å². The van der Waals surface area contributed by atoms with Crippen LogP contribution in [0.3, 0.4) is 0 Å². The zero-order valence-electron chi connectivity index (χ0n) is 6.98. The van der Waals surface area contributed by atoms with Gasteiger partial charge in [-0.3, -0.25) is 4.68 Å². The van der Waals surface area contributed by atoms with E-state index in [-0.39, 0.29) is 0 Å². The molecule has 0 atom stereocenters. The highest BCUT2D eigenvalue weighted by atomic mass is 16.4. The van der Waals surface area contributed by atoms with E-state index in [0.717, 1.165) is 0 Å². The van der Waals surface area contributed by atoms with Crippen LogP contribution in [0.4, 0.5) is 5.82 Å². The third-order valence-corrected chi connectivity index (χ3v) is 1.71. The molecule has 0 aliphatic heterocycles. The standard InChI is InChI=1S/C7H11N3O2/c1-7(2,6(11)12)10-4-3-5(8)9-10/h3-4H,1-2H3,(H2,8,9)(H,11,12). The van der Waals surface area contributed by atoms with E-state index in [1.165, 1.54) is 4.68 Å². The van der Waals surface area contributed by atoms with E-state index < -0.39 is 11.5 Å². The van der Waals surface area contributed by atoms with Crippen molar-refractivity contribution in [2.24, 2.45) is 0 Å². The summed E-state index contributed by atoms with van der Waals surface area (Å²) in [6.45, 7) is 3.11. The third-order valence-electron chi connectivity index (χ3n) is 1.71. The van der Waals surface area contributed by atoms with Crippen LogP contribution in [0.1, 0.15) is 13.8 Å². The Balaban J connectivity index is 3.05. The van der Waals surface area contributed by atoms with Gasteiger partial charge >= 0.3 is 5.97 Å². The highest BCUT2D eigenvalue weighted by Crippen LogP contribution is 2.14. The molecule has 0 unspecified atom stereocenters. The summed E-state index contributed by atoms with van der Waals surface area (Å²) in [5.74, 6) is -0.616. The molecule has 0 fully saturated rings. The van der Waals surface area contributed by atoms with Gasteiger partial charge < -0.3 is 10.8 Å². The third kappa shape index (κ3) is 1.25. The molecule has 3 N–H and O–H groups in total. The summed E-state index contributed by atoms with van der Waals surface area (Å²) in [6, 6.07) is 1.56. The van der Waals surface area contributed by atoms with Crippen LogP contribution in [0.5, 0.6) is 0 Å². The minimum atomic E-state index is -1.04. The zero-order chi connectivity index (χ0) is 9.35. The van der Waals surface area contributed by atoms with Gasteiger partial charge in [0.25, 0.3) is 0 Å². The van der Waals surface area contributed by atoms with Gasteiger partial charge in [-0.05, 0) is 19.9 Å². The van der Waals surface area contributed by atoms with Crippen molar-refractivity contribution in [1.82, 2.24) is 9.78 Å². The Bertz CT molecular complexity index is 303. The largest absolute Gasteiger partial charge is 0.479 e. The molecular formula is C7H11N3O2. The van der Waals surface area contributed by atoms with E-state index in [1.807, 2.05) is 0 Å². The van der Waals surface area contributed by atoms with Crippen LogP contribution in [0, 0.1) is 0 Å². The monoisotopic (exact) mass is 169 g/mol. The highest BCUT2D eigenvalue weighted by Gasteiger charge is 2.29. The predicted molar refractivity (Wildman–Crippen MR) is 43.6 cm³/mol. The molecular weight excluding hydrogens is 158 g/mol. The lowest BCUT2D eigenvalue weighted by Crippen LogP contribution is -2.36. The van der Waals surface area contributed by atoms with Crippen LogP contribution in [0.2, 0.25) is 0 Å². The highest BCUT2D eigenvalue weighted by molar-refractivity contribution is 5.75. The van der Waals surface area contributed by atoms with Gasteiger partial charge in [0.1, 0.15) is 5.82 Å². The van der Waals surface area contributed by atoms with E-state index in [2.05, 4.69) is 5.10 Å². The maximum atomic E-state index is 10.7. The van der Waals surface area contributed by atoms with Crippen molar-refractivity contribution < 1.29 is 9.90 Å². The number of nitrogens with zero attached hydrogens (tertiary/aromatic N) is 2. The van der Waals surface area contributed by atoms with Gasteiger partial charge in [0, 0.05) is 6.20 Å². The van der Waals surface area contributed by atoms with E-state index in [1.54, 1.807) is 26.1 Å². The Labute approximate surface area is 69.8 Å². The molecule has 0 aliphatic carbocycles. The minimum absolute atomic E-state index is 0.323. The predicted octanol–water partition coefficient (Wildman–Crippen LogP) is 0.285. The van der Waals surface area contributed by atoms with Crippen molar-refractivity contribution in [3.63, 3.8) is 0 Å².